The minimum Gasteiger partial charge on any atom is -0.393 e. The highest BCUT2D eigenvalue weighted by molar-refractivity contribution is 5.82. The van der Waals surface area contributed by atoms with Crippen LogP contribution in [0.25, 0.3) is 0 Å². The van der Waals surface area contributed by atoms with Gasteiger partial charge in [-0.05, 0) is 42.7 Å². The number of nitrogens with one attached hydrogen (secondary N) is 2. The third-order valence-electron chi connectivity index (χ3n) is 4.72. The number of hydrogen-bond donors (Lipinski definition) is 3. The molecule has 21 heavy (non-hydrogen) atoms. The molecule has 2 unspecified atom stereocenters. The summed E-state index contributed by atoms with van der Waals surface area (Å²) in [6.07, 6.45) is 4.48. The Morgan fingerprint density at radius 3 is 2.90 bits per heavy atom. The van der Waals surface area contributed by atoms with Crippen molar-refractivity contribution in [2.45, 2.75) is 50.8 Å². The largest absolute Gasteiger partial charge is 0.393 e. The number of amides is 1. The molecule has 0 spiro atoms. The zero-order valence-electron chi connectivity index (χ0n) is 12.3. The number of aliphatic hydroxyl groups is 1. The molecule has 0 saturated heterocycles. The first-order chi connectivity index (χ1) is 10.2. The van der Waals surface area contributed by atoms with Crippen molar-refractivity contribution >= 4 is 5.91 Å². The van der Waals surface area contributed by atoms with Crippen LogP contribution in [0.5, 0.6) is 0 Å². The summed E-state index contributed by atoms with van der Waals surface area (Å²) in [7, 11) is 0. The first-order valence-electron chi connectivity index (χ1n) is 7.98. The molecular formula is C17H24N2O2. The first kappa shape index (κ1) is 14.5. The van der Waals surface area contributed by atoms with Gasteiger partial charge in [0.25, 0.3) is 0 Å². The molecule has 1 heterocycles. The molecule has 3 N–H and O–H groups in total. The van der Waals surface area contributed by atoms with Crippen LogP contribution in [0.2, 0.25) is 0 Å². The zero-order chi connectivity index (χ0) is 14.7. The van der Waals surface area contributed by atoms with Gasteiger partial charge in [0.2, 0.25) is 5.91 Å². The van der Waals surface area contributed by atoms with Crippen molar-refractivity contribution < 1.29 is 9.90 Å². The van der Waals surface area contributed by atoms with Gasteiger partial charge in [0.05, 0.1) is 12.1 Å². The van der Waals surface area contributed by atoms with Crippen LogP contribution < -0.4 is 10.6 Å². The van der Waals surface area contributed by atoms with E-state index in [9.17, 15) is 9.90 Å². The van der Waals surface area contributed by atoms with E-state index in [0.717, 1.165) is 38.6 Å². The molecular weight excluding hydrogens is 264 g/mol. The van der Waals surface area contributed by atoms with Crippen LogP contribution in [-0.4, -0.2) is 29.7 Å². The fourth-order valence-electron chi connectivity index (χ4n) is 3.46. The van der Waals surface area contributed by atoms with Crippen LogP contribution in [0.3, 0.4) is 0 Å². The molecule has 1 aliphatic carbocycles. The number of carbonyl (C=O) groups is 1. The van der Waals surface area contributed by atoms with Gasteiger partial charge in [-0.1, -0.05) is 30.7 Å². The summed E-state index contributed by atoms with van der Waals surface area (Å²) < 4.78 is 0. The minimum atomic E-state index is -0.180. The zero-order valence-corrected chi connectivity index (χ0v) is 12.3. The molecule has 0 bridgehead atoms. The summed E-state index contributed by atoms with van der Waals surface area (Å²) in [6, 6.07) is 8.15. The molecule has 4 nitrogen and oxygen atoms in total. The van der Waals surface area contributed by atoms with Crippen LogP contribution in [0, 0.1) is 5.92 Å². The number of fused-ring (bicyclic) bond motifs is 1. The molecule has 3 atom stereocenters. The Balaban J connectivity index is 1.50. The van der Waals surface area contributed by atoms with Crippen molar-refractivity contribution in [1.82, 2.24) is 10.6 Å². The van der Waals surface area contributed by atoms with Gasteiger partial charge in [-0.3, -0.25) is 4.79 Å². The van der Waals surface area contributed by atoms with E-state index in [2.05, 4.69) is 22.8 Å². The lowest BCUT2D eigenvalue weighted by Gasteiger charge is -2.28. The Kier molecular flexibility index (Phi) is 4.56. The number of rotatable bonds is 3. The molecule has 1 amide bonds. The third-order valence-corrected chi connectivity index (χ3v) is 4.72. The van der Waals surface area contributed by atoms with Crippen molar-refractivity contribution in [3.05, 3.63) is 35.4 Å². The monoisotopic (exact) mass is 288 g/mol. The van der Waals surface area contributed by atoms with Crippen molar-refractivity contribution in [2.24, 2.45) is 5.92 Å². The van der Waals surface area contributed by atoms with E-state index in [1.165, 1.54) is 11.1 Å². The number of benzene rings is 1. The van der Waals surface area contributed by atoms with E-state index in [4.69, 9.17) is 0 Å². The SMILES string of the molecule is O=C(NCC1CCCC(O)C1)[C@@H]1Cc2ccccc2CN1. The Labute approximate surface area is 125 Å². The number of carbonyl (C=O) groups excluding carboxylic acids is 1. The second-order valence-corrected chi connectivity index (χ2v) is 6.34. The van der Waals surface area contributed by atoms with Gasteiger partial charge in [-0.25, -0.2) is 0 Å². The fourth-order valence-corrected chi connectivity index (χ4v) is 3.46. The second-order valence-electron chi connectivity index (χ2n) is 6.34. The van der Waals surface area contributed by atoms with Crippen molar-refractivity contribution in [1.29, 1.82) is 0 Å². The molecule has 2 aliphatic rings. The van der Waals surface area contributed by atoms with E-state index < -0.39 is 0 Å². The normalized spacial score (nSPS) is 28.7. The summed E-state index contributed by atoms with van der Waals surface area (Å²) in [6.45, 7) is 1.45. The lowest BCUT2D eigenvalue weighted by molar-refractivity contribution is -0.123. The lowest BCUT2D eigenvalue weighted by Crippen LogP contribution is -2.48. The quantitative estimate of drug-likeness (QED) is 0.787. The second kappa shape index (κ2) is 6.58. The van der Waals surface area contributed by atoms with Gasteiger partial charge >= 0.3 is 0 Å². The average Bonchev–Trinajstić information content (AvgIpc) is 2.52. The van der Waals surface area contributed by atoms with Gasteiger partial charge < -0.3 is 15.7 Å². The Hall–Kier alpha value is -1.39. The summed E-state index contributed by atoms with van der Waals surface area (Å²) in [5.74, 6) is 0.512. The summed E-state index contributed by atoms with van der Waals surface area (Å²) >= 11 is 0. The van der Waals surface area contributed by atoms with Crippen LogP contribution in [-0.2, 0) is 17.8 Å². The Bertz CT molecular complexity index is 503. The average molecular weight is 288 g/mol. The summed E-state index contributed by atoms with van der Waals surface area (Å²) in [5, 5.41) is 16.0. The highest BCUT2D eigenvalue weighted by Gasteiger charge is 2.25. The van der Waals surface area contributed by atoms with Gasteiger partial charge in [0.15, 0.2) is 0 Å². The van der Waals surface area contributed by atoms with E-state index in [-0.39, 0.29) is 18.1 Å². The van der Waals surface area contributed by atoms with Crippen LogP contribution in [0.4, 0.5) is 0 Å². The Morgan fingerprint density at radius 2 is 2.10 bits per heavy atom. The van der Waals surface area contributed by atoms with E-state index in [1.807, 2.05) is 12.1 Å². The maximum absolute atomic E-state index is 12.3. The van der Waals surface area contributed by atoms with E-state index in [1.54, 1.807) is 0 Å². The summed E-state index contributed by atoms with van der Waals surface area (Å²) in [4.78, 5) is 12.3. The lowest BCUT2D eigenvalue weighted by atomic mass is 9.87. The third kappa shape index (κ3) is 3.63. The number of hydrogen-bond acceptors (Lipinski definition) is 3. The van der Waals surface area contributed by atoms with Crippen LogP contribution in [0.1, 0.15) is 36.8 Å². The van der Waals surface area contributed by atoms with Crippen molar-refractivity contribution in [2.75, 3.05) is 6.54 Å². The van der Waals surface area contributed by atoms with Crippen LogP contribution >= 0.6 is 0 Å². The molecule has 114 valence electrons. The molecule has 1 aliphatic heterocycles. The molecule has 1 fully saturated rings. The smallest absolute Gasteiger partial charge is 0.237 e. The van der Waals surface area contributed by atoms with E-state index >= 15 is 0 Å². The highest BCUT2D eigenvalue weighted by Crippen LogP contribution is 2.23. The van der Waals surface area contributed by atoms with Crippen molar-refractivity contribution in [3.63, 3.8) is 0 Å². The molecule has 0 radical (unpaired) electrons. The number of aliphatic hydroxyl groups excluding tert-OH is 1. The molecule has 1 aromatic carbocycles. The standard InChI is InChI=1S/C17H24N2O2/c20-15-7-3-4-12(8-15)10-19-17(21)16-9-13-5-1-2-6-14(13)11-18-16/h1-2,5-6,12,15-16,18,20H,3-4,7-11H2,(H,19,21)/t12?,15?,16-/m0/s1. The molecule has 3 rings (SSSR count). The topological polar surface area (TPSA) is 61.4 Å². The van der Waals surface area contributed by atoms with Gasteiger partial charge in [-0.2, -0.15) is 0 Å². The fraction of sp³-hybridized carbons (Fsp3) is 0.588. The molecule has 4 heteroatoms. The molecule has 1 aromatic rings. The summed E-state index contributed by atoms with van der Waals surface area (Å²) in [5.41, 5.74) is 2.56. The van der Waals surface area contributed by atoms with Crippen LogP contribution in [0.15, 0.2) is 24.3 Å². The predicted octanol–water partition coefficient (Wildman–Crippen LogP) is 1.37. The van der Waals surface area contributed by atoms with Gasteiger partial charge in [0, 0.05) is 13.1 Å². The highest BCUT2D eigenvalue weighted by atomic mass is 16.3. The maximum atomic E-state index is 12.3. The van der Waals surface area contributed by atoms with E-state index in [0.29, 0.717) is 12.5 Å². The first-order valence-corrected chi connectivity index (χ1v) is 7.98. The minimum absolute atomic E-state index is 0.0876. The molecule has 0 aromatic heterocycles. The van der Waals surface area contributed by atoms with Gasteiger partial charge in [-0.15, -0.1) is 0 Å². The van der Waals surface area contributed by atoms with Gasteiger partial charge in [0.1, 0.15) is 0 Å². The Morgan fingerprint density at radius 1 is 1.29 bits per heavy atom. The van der Waals surface area contributed by atoms with Crippen molar-refractivity contribution in [3.8, 4) is 0 Å². The maximum Gasteiger partial charge on any atom is 0.237 e. The molecule has 1 saturated carbocycles. The predicted molar refractivity (Wildman–Crippen MR) is 81.7 cm³/mol.